The minimum Gasteiger partial charge on any atom is -0.463 e. The van der Waals surface area contributed by atoms with Crippen molar-refractivity contribution < 1.29 is 22.7 Å². The Morgan fingerprint density at radius 3 is 2.38 bits per heavy atom. The third kappa shape index (κ3) is 4.92. The molecule has 0 unspecified atom stereocenters. The van der Waals surface area contributed by atoms with Crippen molar-refractivity contribution in [2.75, 3.05) is 11.9 Å². The second-order valence-electron chi connectivity index (χ2n) is 2.05. The first kappa shape index (κ1) is 12.5. The Balaban J connectivity index is 4.48. The summed E-state index contributed by atoms with van der Waals surface area (Å²) in [5, 5.41) is -0.421. The standard InChI is InChI=1S/C7H8BrF3O2/c1-2-13-6(12)3-5(4-8)7(9,10)11/h3H,2,4H2,1H3/b5-3+. The van der Waals surface area contributed by atoms with E-state index in [-0.39, 0.29) is 6.61 Å². The van der Waals surface area contributed by atoms with Crippen molar-refractivity contribution >= 4 is 21.9 Å². The van der Waals surface area contributed by atoms with Crippen molar-refractivity contribution in [3.05, 3.63) is 11.6 Å². The molecule has 0 aromatic rings. The molecule has 0 atom stereocenters. The Morgan fingerprint density at radius 2 is 2.08 bits per heavy atom. The van der Waals surface area contributed by atoms with Crippen molar-refractivity contribution in [3.8, 4) is 0 Å². The second-order valence-corrected chi connectivity index (χ2v) is 2.61. The number of halogens is 4. The van der Waals surface area contributed by atoms with E-state index in [1.165, 1.54) is 6.92 Å². The van der Waals surface area contributed by atoms with Crippen LogP contribution in [0.2, 0.25) is 0 Å². The maximum atomic E-state index is 12.0. The van der Waals surface area contributed by atoms with Crippen molar-refractivity contribution in [2.45, 2.75) is 13.1 Å². The monoisotopic (exact) mass is 260 g/mol. The highest BCUT2D eigenvalue weighted by atomic mass is 79.9. The van der Waals surface area contributed by atoms with E-state index in [9.17, 15) is 18.0 Å². The van der Waals surface area contributed by atoms with E-state index in [4.69, 9.17) is 0 Å². The van der Waals surface area contributed by atoms with E-state index >= 15 is 0 Å². The van der Waals surface area contributed by atoms with E-state index in [0.717, 1.165) is 0 Å². The molecular weight excluding hydrogens is 253 g/mol. The molecule has 0 aliphatic heterocycles. The second kappa shape index (κ2) is 5.26. The number of rotatable bonds is 3. The van der Waals surface area contributed by atoms with Gasteiger partial charge in [0.2, 0.25) is 0 Å². The molecule has 0 saturated heterocycles. The number of carbonyl (C=O) groups is 1. The van der Waals surface area contributed by atoms with Crippen LogP contribution < -0.4 is 0 Å². The molecule has 0 aromatic carbocycles. The van der Waals surface area contributed by atoms with Gasteiger partial charge in [-0.3, -0.25) is 0 Å². The zero-order chi connectivity index (χ0) is 10.5. The molecule has 13 heavy (non-hydrogen) atoms. The smallest absolute Gasteiger partial charge is 0.413 e. The van der Waals surface area contributed by atoms with Crippen LogP contribution in [0.1, 0.15) is 6.92 Å². The van der Waals surface area contributed by atoms with Gasteiger partial charge in [-0.15, -0.1) is 0 Å². The van der Waals surface area contributed by atoms with Crippen molar-refractivity contribution in [1.82, 2.24) is 0 Å². The van der Waals surface area contributed by atoms with Gasteiger partial charge in [-0.1, -0.05) is 15.9 Å². The predicted molar refractivity (Wildman–Crippen MR) is 44.6 cm³/mol. The zero-order valence-corrected chi connectivity index (χ0v) is 8.41. The summed E-state index contributed by atoms with van der Waals surface area (Å²) >= 11 is 2.64. The molecular formula is C7H8BrF3O2. The highest BCUT2D eigenvalue weighted by Gasteiger charge is 2.33. The Labute approximate surface area is 81.9 Å². The Hall–Kier alpha value is -0.520. The normalized spacial score (nSPS) is 12.8. The van der Waals surface area contributed by atoms with Gasteiger partial charge in [0, 0.05) is 11.4 Å². The maximum Gasteiger partial charge on any atom is 0.413 e. The fraction of sp³-hybridized carbons (Fsp3) is 0.571. The molecule has 0 N–H and O–H groups in total. The predicted octanol–water partition coefficient (Wildman–Crippen LogP) is 2.43. The number of allylic oxidation sites excluding steroid dienone is 1. The van der Waals surface area contributed by atoms with Crippen LogP contribution in [0.5, 0.6) is 0 Å². The zero-order valence-electron chi connectivity index (χ0n) is 6.82. The van der Waals surface area contributed by atoms with Gasteiger partial charge in [-0.25, -0.2) is 4.79 Å². The number of carbonyl (C=O) groups excluding carboxylic acids is 1. The topological polar surface area (TPSA) is 26.3 Å². The molecule has 0 amide bonds. The molecule has 0 bridgehead atoms. The summed E-state index contributed by atoms with van der Waals surface area (Å²) < 4.78 is 40.4. The first-order valence-electron chi connectivity index (χ1n) is 3.42. The molecule has 2 nitrogen and oxygen atoms in total. The molecule has 0 aliphatic carbocycles. The SMILES string of the molecule is CCOC(=O)/C=C(\CBr)C(F)(F)F. The number of hydrogen-bond donors (Lipinski definition) is 0. The molecule has 0 spiro atoms. The third-order valence-electron chi connectivity index (χ3n) is 1.09. The lowest BCUT2D eigenvalue weighted by Gasteiger charge is -2.07. The molecule has 0 aromatic heterocycles. The van der Waals surface area contributed by atoms with Gasteiger partial charge in [0.1, 0.15) is 0 Å². The van der Waals surface area contributed by atoms with Crippen LogP contribution in [-0.2, 0) is 9.53 Å². The van der Waals surface area contributed by atoms with Crippen LogP contribution in [-0.4, -0.2) is 24.1 Å². The molecule has 6 heteroatoms. The van der Waals surface area contributed by atoms with Gasteiger partial charge in [0.15, 0.2) is 0 Å². The summed E-state index contributed by atoms with van der Waals surface area (Å²) in [4.78, 5) is 10.6. The molecule has 0 fully saturated rings. The average molecular weight is 261 g/mol. The summed E-state index contributed by atoms with van der Waals surface area (Å²) in [6, 6.07) is 0. The van der Waals surface area contributed by atoms with Gasteiger partial charge >= 0.3 is 12.1 Å². The number of alkyl halides is 4. The van der Waals surface area contributed by atoms with Crippen molar-refractivity contribution in [3.63, 3.8) is 0 Å². The first-order chi connectivity index (χ1) is 5.91. The van der Waals surface area contributed by atoms with Gasteiger partial charge in [0.25, 0.3) is 0 Å². The van der Waals surface area contributed by atoms with Crippen LogP contribution in [0.3, 0.4) is 0 Å². The summed E-state index contributed by atoms with van der Waals surface area (Å²) in [5.74, 6) is -0.978. The van der Waals surface area contributed by atoms with Gasteiger partial charge in [-0.2, -0.15) is 13.2 Å². The molecule has 0 aliphatic rings. The summed E-state index contributed by atoms with van der Waals surface area (Å²) in [6.45, 7) is 1.58. The highest BCUT2D eigenvalue weighted by molar-refractivity contribution is 9.09. The fourth-order valence-electron chi connectivity index (χ4n) is 0.522. The molecule has 0 rings (SSSR count). The fourth-order valence-corrected chi connectivity index (χ4v) is 1.00. The van der Waals surface area contributed by atoms with Crippen LogP contribution in [0.15, 0.2) is 11.6 Å². The van der Waals surface area contributed by atoms with E-state index in [1.807, 2.05) is 0 Å². The lowest BCUT2D eigenvalue weighted by atomic mass is 10.3. The quantitative estimate of drug-likeness (QED) is 0.443. The molecule has 0 radical (unpaired) electrons. The van der Waals surface area contributed by atoms with Gasteiger partial charge in [0.05, 0.1) is 12.2 Å². The maximum absolute atomic E-state index is 12.0. The van der Waals surface area contributed by atoms with Crippen molar-refractivity contribution in [2.24, 2.45) is 0 Å². The molecule has 76 valence electrons. The summed E-state index contributed by atoms with van der Waals surface area (Å²) in [6.07, 6.45) is -4.05. The van der Waals surface area contributed by atoms with Crippen molar-refractivity contribution in [1.29, 1.82) is 0 Å². The minimum absolute atomic E-state index is 0.0583. The Kier molecular flexibility index (Phi) is 5.05. The molecule has 0 saturated carbocycles. The van der Waals surface area contributed by atoms with E-state index < -0.39 is 23.0 Å². The summed E-state index contributed by atoms with van der Waals surface area (Å²) in [7, 11) is 0. The number of esters is 1. The van der Waals surface area contributed by atoms with Gasteiger partial charge < -0.3 is 4.74 Å². The lowest BCUT2D eigenvalue weighted by molar-refractivity contribution is -0.138. The first-order valence-corrected chi connectivity index (χ1v) is 4.54. The largest absolute Gasteiger partial charge is 0.463 e. The summed E-state index contributed by atoms with van der Waals surface area (Å²) in [5.41, 5.74) is -0.953. The van der Waals surface area contributed by atoms with Crippen LogP contribution >= 0.6 is 15.9 Å². The molecule has 0 heterocycles. The number of hydrogen-bond acceptors (Lipinski definition) is 2. The Bertz CT molecular complexity index is 210. The Morgan fingerprint density at radius 1 is 1.54 bits per heavy atom. The minimum atomic E-state index is -4.49. The van der Waals surface area contributed by atoms with Crippen LogP contribution in [0.25, 0.3) is 0 Å². The third-order valence-corrected chi connectivity index (χ3v) is 1.69. The van der Waals surface area contributed by atoms with Gasteiger partial charge in [-0.05, 0) is 6.92 Å². The lowest BCUT2D eigenvalue weighted by Crippen LogP contribution is -2.15. The van der Waals surface area contributed by atoms with Crippen LogP contribution in [0, 0.1) is 0 Å². The highest BCUT2D eigenvalue weighted by Crippen LogP contribution is 2.26. The van der Waals surface area contributed by atoms with E-state index in [0.29, 0.717) is 6.08 Å². The van der Waals surface area contributed by atoms with E-state index in [1.54, 1.807) is 0 Å². The van der Waals surface area contributed by atoms with E-state index in [2.05, 4.69) is 20.7 Å². The number of ether oxygens (including phenoxy) is 1. The average Bonchev–Trinajstić information content (AvgIpc) is 1.98. The van der Waals surface area contributed by atoms with Crippen LogP contribution in [0.4, 0.5) is 13.2 Å².